The lowest BCUT2D eigenvalue weighted by Gasteiger charge is -2.14. The van der Waals surface area contributed by atoms with Crippen molar-refractivity contribution < 1.29 is 4.74 Å². The summed E-state index contributed by atoms with van der Waals surface area (Å²) < 4.78 is 5.92. The second-order valence-electron chi connectivity index (χ2n) is 4.69. The van der Waals surface area contributed by atoms with E-state index in [1.165, 1.54) is 5.56 Å². The van der Waals surface area contributed by atoms with Crippen LogP contribution >= 0.6 is 0 Å². The monoisotopic (exact) mass is 271 g/mol. The quantitative estimate of drug-likeness (QED) is 0.787. The number of rotatable bonds is 7. The Balaban J connectivity index is 2.05. The van der Waals surface area contributed by atoms with Crippen molar-refractivity contribution in [2.45, 2.75) is 33.4 Å². The van der Waals surface area contributed by atoms with Gasteiger partial charge in [-0.2, -0.15) is 0 Å². The highest BCUT2D eigenvalue weighted by Gasteiger charge is 2.07. The molecule has 0 radical (unpaired) electrons. The van der Waals surface area contributed by atoms with Crippen LogP contribution in [0.5, 0.6) is 5.75 Å². The summed E-state index contributed by atoms with van der Waals surface area (Å²) in [4.78, 5) is 8.35. The van der Waals surface area contributed by atoms with Crippen molar-refractivity contribution >= 4 is 0 Å². The predicted molar refractivity (Wildman–Crippen MR) is 79.5 cm³/mol. The van der Waals surface area contributed by atoms with Gasteiger partial charge in [0, 0.05) is 24.5 Å². The van der Waals surface area contributed by atoms with Crippen LogP contribution in [0.2, 0.25) is 0 Å². The van der Waals surface area contributed by atoms with Crippen LogP contribution in [0.1, 0.15) is 30.3 Å². The fourth-order valence-corrected chi connectivity index (χ4v) is 2.00. The molecular formula is C16H21N3O. The first-order chi connectivity index (χ1) is 9.81. The van der Waals surface area contributed by atoms with Gasteiger partial charge in [0.25, 0.3) is 0 Å². The topological polar surface area (TPSA) is 47.0 Å². The molecule has 4 nitrogen and oxygen atoms in total. The van der Waals surface area contributed by atoms with Crippen LogP contribution in [0.3, 0.4) is 0 Å². The van der Waals surface area contributed by atoms with E-state index in [0.717, 1.165) is 30.8 Å². The number of benzene rings is 1. The van der Waals surface area contributed by atoms with Gasteiger partial charge in [0.05, 0.1) is 0 Å². The molecule has 2 rings (SSSR count). The summed E-state index contributed by atoms with van der Waals surface area (Å²) >= 11 is 0. The molecule has 1 N–H and O–H groups in total. The summed E-state index contributed by atoms with van der Waals surface area (Å²) in [6, 6.07) is 8.02. The molecule has 106 valence electrons. The first-order valence-electron chi connectivity index (χ1n) is 6.99. The van der Waals surface area contributed by atoms with Crippen LogP contribution in [0, 0.1) is 6.92 Å². The molecule has 1 aromatic carbocycles. The number of aromatic nitrogens is 2. The first kappa shape index (κ1) is 14.5. The van der Waals surface area contributed by atoms with E-state index in [1.807, 2.05) is 0 Å². The van der Waals surface area contributed by atoms with Gasteiger partial charge >= 0.3 is 0 Å². The lowest BCUT2D eigenvalue weighted by Crippen LogP contribution is -2.15. The van der Waals surface area contributed by atoms with Crippen LogP contribution in [-0.2, 0) is 13.2 Å². The Hall–Kier alpha value is -1.94. The third-order valence-electron chi connectivity index (χ3n) is 3.00. The molecule has 20 heavy (non-hydrogen) atoms. The molecule has 0 fully saturated rings. The molecule has 0 atom stereocenters. The average molecular weight is 271 g/mol. The Kier molecular flexibility index (Phi) is 5.50. The van der Waals surface area contributed by atoms with Gasteiger partial charge in [-0.15, -0.1) is 0 Å². The van der Waals surface area contributed by atoms with Gasteiger partial charge in [-0.3, -0.25) is 0 Å². The Morgan fingerprint density at radius 1 is 1.15 bits per heavy atom. The summed E-state index contributed by atoms with van der Waals surface area (Å²) in [7, 11) is 0. The summed E-state index contributed by atoms with van der Waals surface area (Å²) in [5.41, 5.74) is 2.31. The van der Waals surface area contributed by atoms with E-state index in [-0.39, 0.29) is 0 Å². The molecule has 1 aromatic heterocycles. The Labute approximate surface area is 120 Å². The third-order valence-corrected chi connectivity index (χ3v) is 3.00. The maximum absolute atomic E-state index is 5.92. The van der Waals surface area contributed by atoms with Crippen LogP contribution in [-0.4, -0.2) is 16.5 Å². The summed E-state index contributed by atoms with van der Waals surface area (Å²) in [5.74, 6) is 1.63. The molecule has 0 aliphatic heterocycles. The maximum atomic E-state index is 5.92. The van der Waals surface area contributed by atoms with Gasteiger partial charge in [0.15, 0.2) is 5.82 Å². The minimum absolute atomic E-state index is 0.395. The predicted octanol–water partition coefficient (Wildman–Crippen LogP) is 2.86. The molecule has 0 unspecified atom stereocenters. The highest BCUT2D eigenvalue weighted by Crippen LogP contribution is 2.24. The van der Waals surface area contributed by atoms with Gasteiger partial charge in [-0.25, -0.2) is 9.97 Å². The standard InChI is InChI=1S/C16H21N3O/c1-3-8-17-11-14-7-4-6-13(2)16(14)20-12-15-18-9-5-10-19-15/h4-7,9-10,17H,3,8,11-12H2,1-2H3. The van der Waals surface area contributed by atoms with Gasteiger partial charge in [-0.1, -0.05) is 25.1 Å². The van der Waals surface area contributed by atoms with Crippen LogP contribution < -0.4 is 10.1 Å². The number of nitrogens with zero attached hydrogens (tertiary/aromatic N) is 2. The fraction of sp³-hybridized carbons (Fsp3) is 0.375. The normalized spacial score (nSPS) is 10.5. The number of ether oxygens (including phenoxy) is 1. The van der Waals surface area contributed by atoms with E-state index in [0.29, 0.717) is 12.4 Å². The van der Waals surface area contributed by atoms with Crippen molar-refractivity contribution in [1.29, 1.82) is 0 Å². The molecule has 0 spiro atoms. The zero-order valence-electron chi connectivity index (χ0n) is 12.1. The van der Waals surface area contributed by atoms with E-state index in [4.69, 9.17) is 4.74 Å². The molecule has 0 aliphatic carbocycles. The van der Waals surface area contributed by atoms with Crippen LogP contribution in [0.25, 0.3) is 0 Å². The minimum Gasteiger partial charge on any atom is -0.485 e. The second-order valence-corrected chi connectivity index (χ2v) is 4.69. The van der Waals surface area contributed by atoms with Gasteiger partial charge in [-0.05, 0) is 31.5 Å². The summed E-state index contributed by atoms with van der Waals surface area (Å²) in [6.45, 7) is 6.44. The van der Waals surface area contributed by atoms with E-state index >= 15 is 0 Å². The van der Waals surface area contributed by atoms with Crippen molar-refractivity contribution in [3.05, 3.63) is 53.6 Å². The smallest absolute Gasteiger partial charge is 0.166 e. The van der Waals surface area contributed by atoms with E-state index < -0.39 is 0 Å². The Bertz CT molecular complexity index is 529. The molecule has 0 saturated carbocycles. The number of hydrogen-bond acceptors (Lipinski definition) is 4. The summed E-state index contributed by atoms with van der Waals surface area (Å²) in [6.07, 6.45) is 4.58. The van der Waals surface area contributed by atoms with E-state index in [2.05, 4.69) is 47.3 Å². The molecule has 1 heterocycles. The highest BCUT2D eigenvalue weighted by atomic mass is 16.5. The highest BCUT2D eigenvalue weighted by molar-refractivity contribution is 5.40. The molecule has 2 aromatic rings. The van der Waals surface area contributed by atoms with Crippen molar-refractivity contribution in [2.24, 2.45) is 0 Å². The van der Waals surface area contributed by atoms with E-state index in [1.54, 1.807) is 18.5 Å². The first-order valence-corrected chi connectivity index (χ1v) is 6.99. The zero-order chi connectivity index (χ0) is 14.2. The SMILES string of the molecule is CCCNCc1cccc(C)c1OCc1ncccn1. The fourth-order valence-electron chi connectivity index (χ4n) is 2.00. The number of para-hydroxylation sites is 1. The molecule has 0 aliphatic rings. The van der Waals surface area contributed by atoms with Crippen molar-refractivity contribution in [2.75, 3.05) is 6.54 Å². The second kappa shape index (κ2) is 7.60. The number of nitrogens with one attached hydrogen (secondary N) is 1. The molecule has 0 amide bonds. The maximum Gasteiger partial charge on any atom is 0.166 e. The largest absolute Gasteiger partial charge is 0.485 e. The summed E-state index contributed by atoms with van der Waals surface area (Å²) in [5, 5.41) is 3.41. The van der Waals surface area contributed by atoms with Crippen LogP contribution in [0.4, 0.5) is 0 Å². The minimum atomic E-state index is 0.395. The molecule has 0 bridgehead atoms. The molecule has 0 saturated heterocycles. The van der Waals surface area contributed by atoms with Crippen molar-refractivity contribution in [3.8, 4) is 5.75 Å². The third kappa shape index (κ3) is 4.03. The molecule has 4 heteroatoms. The van der Waals surface area contributed by atoms with Crippen molar-refractivity contribution in [1.82, 2.24) is 15.3 Å². The van der Waals surface area contributed by atoms with Crippen molar-refractivity contribution in [3.63, 3.8) is 0 Å². The molecular weight excluding hydrogens is 250 g/mol. The Morgan fingerprint density at radius 2 is 1.95 bits per heavy atom. The van der Waals surface area contributed by atoms with Gasteiger partial charge in [0.1, 0.15) is 12.4 Å². The van der Waals surface area contributed by atoms with E-state index in [9.17, 15) is 0 Å². The zero-order valence-corrected chi connectivity index (χ0v) is 12.1. The number of aryl methyl sites for hydroxylation is 1. The van der Waals surface area contributed by atoms with Crippen LogP contribution in [0.15, 0.2) is 36.7 Å². The van der Waals surface area contributed by atoms with Gasteiger partial charge < -0.3 is 10.1 Å². The lowest BCUT2D eigenvalue weighted by atomic mass is 10.1. The van der Waals surface area contributed by atoms with Gasteiger partial charge in [0.2, 0.25) is 0 Å². The lowest BCUT2D eigenvalue weighted by molar-refractivity contribution is 0.290. The Morgan fingerprint density at radius 3 is 2.70 bits per heavy atom. The average Bonchev–Trinajstić information content (AvgIpc) is 2.48. The number of hydrogen-bond donors (Lipinski definition) is 1.